The molecule has 0 fully saturated rings. The predicted molar refractivity (Wildman–Crippen MR) is 81.4 cm³/mol. The molecule has 1 heterocycles. The van der Waals surface area contributed by atoms with E-state index in [0.717, 1.165) is 30.6 Å². The Balaban J connectivity index is 2.18. The zero-order valence-corrected chi connectivity index (χ0v) is 12.1. The monoisotopic (exact) mass is 267 g/mol. The molecule has 3 heteroatoms. The van der Waals surface area contributed by atoms with E-state index >= 15 is 0 Å². The Morgan fingerprint density at radius 2 is 2.05 bits per heavy atom. The van der Waals surface area contributed by atoms with E-state index in [9.17, 15) is 5.26 Å². The van der Waals surface area contributed by atoms with Crippen LogP contribution in [-0.4, -0.2) is 11.1 Å². The number of nitrogens with zero attached hydrogens (tertiary/aromatic N) is 2. The van der Waals surface area contributed by atoms with Crippen LogP contribution in [0.4, 0.5) is 0 Å². The van der Waals surface area contributed by atoms with Gasteiger partial charge in [-0.25, -0.2) is 0 Å². The van der Waals surface area contributed by atoms with Gasteiger partial charge < -0.3 is 9.88 Å². The van der Waals surface area contributed by atoms with Gasteiger partial charge in [-0.1, -0.05) is 25.1 Å². The van der Waals surface area contributed by atoms with Gasteiger partial charge in [0.05, 0.1) is 11.6 Å². The van der Waals surface area contributed by atoms with Crippen LogP contribution < -0.4 is 5.32 Å². The molecule has 1 N–H and O–H groups in total. The largest absolute Gasteiger partial charge is 0.346 e. The minimum atomic E-state index is 0.319. The first kappa shape index (κ1) is 14.4. The Morgan fingerprint density at radius 3 is 2.80 bits per heavy atom. The lowest BCUT2D eigenvalue weighted by molar-refractivity contribution is 0.534. The van der Waals surface area contributed by atoms with Gasteiger partial charge in [0.15, 0.2) is 0 Å². The van der Waals surface area contributed by atoms with Crippen molar-refractivity contribution in [2.75, 3.05) is 6.54 Å². The molecule has 0 spiro atoms. The summed E-state index contributed by atoms with van der Waals surface area (Å²) in [6.45, 7) is 6.10. The highest BCUT2D eigenvalue weighted by atomic mass is 15.0. The van der Waals surface area contributed by atoms with Crippen molar-refractivity contribution in [3.63, 3.8) is 0 Å². The van der Waals surface area contributed by atoms with Crippen molar-refractivity contribution >= 4 is 0 Å². The molecule has 1 aromatic carbocycles. The zero-order chi connectivity index (χ0) is 14.4. The molecule has 20 heavy (non-hydrogen) atoms. The smallest absolute Gasteiger partial charge is 0.0995 e. The zero-order valence-electron chi connectivity index (χ0n) is 12.1. The molecule has 0 saturated carbocycles. The Kier molecular flexibility index (Phi) is 4.97. The molecule has 2 rings (SSSR count). The SMILES string of the molecule is CCCNC(C)c1cccn1Cc1ccccc1C#N. The lowest BCUT2D eigenvalue weighted by atomic mass is 10.1. The number of hydrogen-bond donors (Lipinski definition) is 1. The highest BCUT2D eigenvalue weighted by Crippen LogP contribution is 2.17. The van der Waals surface area contributed by atoms with Gasteiger partial charge in [-0.2, -0.15) is 5.26 Å². The Bertz CT molecular complexity index is 592. The fraction of sp³-hybridized carbons (Fsp3) is 0.353. The molecule has 3 nitrogen and oxygen atoms in total. The van der Waals surface area contributed by atoms with Crippen molar-refractivity contribution in [1.82, 2.24) is 9.88 Å². The van der Waals surface area contributed by atoms with Crippen molar-refractivity contribution < 1.29 is 0 Å². The molecule has 104 valence electrons. The molecule has 1 atom stereocenters. The van der Waals surface area contributed by atoms with Crippen molar-refractivity contribution in [3.05, 3.63) is 59.4 Å². The third-order valence-electron chi connectivity index (χ3n) is 3.49. The summed E-state index contributed by atoms with van der Waals surface area (Å²) in [7, 11) is 0. The number of benzene rings is 1. The number of nitrogens with one attached hydrogen (secondary N) is 1. The molecule has 0 saturated heterocycles. The molecule has 2 aromatic rings. The molecule has 1 unspecified atom stereocenters. The summed E-state index contributed by atoms with van der Waals surface area (Å²) < 4.78 is 2.21. The maximum Gasteiger partial charge on any atom is 0.0995 e. The second-order valence-corrected chi connectivity index (χ2v) is 5.01. The fourth-order valence-corrected chi connectivity index (χ4v) is 2.38. The number of hydrogen-bond acceptors (Lipinski definition) is 2. The van der Waals surface area contributed by atoms with Gasteiger partial charge in [0.2, 0.25) is 0 Å². The van der Waals surface area contributed by atoms with E-state index in [1.807, 2.05) is 24.3 Å². The van der Waals surface area contributed by atoms with E-state index in [4.69, 9.17) is 0 Å². The maximum atomic E-state index is 9.17. The lowest BCUT2D eigenvalue weighted by Crippen LogP contribution is -2.22. The standard InChI is InChI=1S/C17H21N3/c1-3-10-19-14(2)17-9-6-11-20(17)13-16-8-5-4-7-15(16)12-18/h4-9,11,14,19H,3,10,13H2,1-2H3. The topological polar surface area (TPSA) is 40.8 Å². The lowest BCUT2D eigenvalue weighted by Gasteiger charge is -2.17. The molecule has 0 aliphatic rings. The number of nitriles is 1. The van der Waals surface area contributed by atoms with Gasteiger partial charge in [0.25, 0.3) is 0 Å². The summed E-state index contributed by atoms with van der Waals surface area (Å²) >= 11 is 0. The van der Waals surface area contributed by atoms with Gasteiger partial charge in [-0.3, -0.25) is 0 Å². The maximum absolute atomic E-state index is 9.17. The van der Waals surface area contributed by atoms with Crippen molar-refractivity contribution in [2.45, 2.75) is 32.9 Å². The number of rotatable bonds is 6. The second kappa shape index (κ2) is 6.93. The summed E-state index contributed by atoms with van der Waals surface area (Å²) in [6.07, 6.45) is 3.20. The summed E-state index contributed by atoms with van der Waals surface area (Å²) in [5.74, 6) is 0. The third-order valence-corrected chi connectivity index (χ3v) is 3.49. The highest BCUT2D eigenvalue weighted by molar-refractivity contribution is 5.37. The van der Waals surface area contributed by atoms with Gasteiger partial charge in [-0.05, 0) is 43.7 Å². The fourth-order valence-electron chi connectivity index (χ4n) is 2.38. The first-order valence-electron chi connectivity index (χ1n) is 7.12. The first-order chi connectivity index (χ1) is 9.76. The summed E-state index contributed by atoms with van der Waals surface area (Å²) in [6, 6.07) is 14.6. The molecule has 0 radical (unpaired) electrons. The van der Waals surface area contributed by atoms with E-state index in [-0.39, 0.29) is 0 Å². The normalized spacial score (nSPS) is 12.1. The Labute approximate surface area is 120 Å². The van der Waals surface area contributed by atoms with Crippen LogP contribution in [0.25, 0.3) is 0 Å². The van der Waals surface area contributed by atoms with Crippen molar-refractivity contribution in [1.29, 1.82) is 5.26 Å². The van der Waals surface area contributed by atoms with Crippen molar-refractivity contribution in [3.8, 4) is 6.07 Å². The summed E-state index contributed by atoms with van der Waals surface area (Å²) in [5.41, 5.74) is 3.07. The number of aromatic nitrogens is 1. The van der Waals surface area contributed by atoms with E-state index in [2.05, 4.69) is 48.1 Å². The average Bonchev–Trinajstić information content (AvgIpc) is 2.93. The molecule has 1 aromatic heterocycles. The van der Waals surface area contributed by atoms with Crippen molar-refractivity contribution in [2.24, 2.45) is 0 Å². The van der Waals surface area contributed by atoms with Gasteiger partial charge in [-0.15, -0.1) is 0 Å². The van der Waals surface area contributed by atoms with Crippen LogP contribution in [0.5, 0.6) is 0 Å². The van der Waals surface area contributed by atoms with Crippen LogP contribution in [0, 0.1) is 11.3 Å². The van der Waals surface area contributed by atoms with Crippen LogP contribution >= 0.6 is 0 Å². The quantitative estimate of drug-likeness (QED) is 0.870. The molecular weight excluding hydrogens is 246 g/mol. The van der Waals surface area contributed by atoms with Crippen LogP contribution in [0.2, 0.25) is 0 Å². The van der Waals surface area contributed by atoms with Gasteiger partial charge in [0.1, 0.15) is 0 Å². The van der Waals surface area contributed by atoms with E-state index in [1.165, 1.54) is 5.69 Å². The first-order valence-corrected chi connectivity index (χ1v) is 7.12. The predicted octanol–water partition coefficient (Wildman–Crippen LogP) is 3.47. The van der Waals surface area contributed by atoms with Gasteiger partial charge in [0, 0.05) is 24.5 Å². The minimum Gasteiger partial charge on any atom is -0.346 e. The van der Waals surface area contributed by atoms with E-state index < -0.39 is 0 Å². The highest BCUT2D eigenvalue weighted by Gasteiger charge is 2.10. The third kappa shape index (κ3) is 3.28. The second-order valence-electron chi connectivity index (χ2n) is 5.01. The summed E-state index contributed by atoms with van der Waals surface area (Å²) in [4.78, 5) is 0. The molecule has 0 bridgehead atoms. The molecule has 0 aliphatic carbocycles. The summed E-state index contributed by atoms with van der Waals surface area (Å²) in [5, 5.41) is 12.7. The van der Waals surface area contributed by atoms with Crippen LogP contribution in [0.15, 0.2) is 42.6 Å². The van der Waals surface area contributed by atoms with Gasteiger partial charge >= 0.3 is 0 Å². The Hall–Kier alpha value is -2.05. The molecule has 0 aliphatic heterocycles. The van der Waals surface area contributed by atoms with E-state index in [1.54, 1.807) is 0 Å². The van der Waals surface area contributed by atoms with Crippen LogP contribution in [0.3, 0.4) is 0 Å². The molecule has 0 amide bonds. The average molecular weight is 267 g/mol. The van der Waals surface area contributed by atoms with Crippen LogP contribution in [-0.2, 0) is 6.54 Å². The minimum absolute atomic E-state index is 0.319. The van der Waals surface area contributed by atoms with E-state index in [0.29, 0.717) is 6.04 Å². The Morgan fingerprint density at radius 1 is 1.25 bits per heavy atom. The molecular formula is C17H21N3. The van der Waals surface area contributed by atoms with Crippen LogP contribution in [0.1, 0.15) is 43.1 Å².